The number of hydrogen-bond acceptors (Lipinski definition) is 3. The van der Waals surface area contributed by atoms with Gasteiger partial charge in [-0.3, -0.25) is 4.79 Å². The van der Waals surface area contributed by atoms with E-state index in [1.54, 1.807) is 11.8 Å². The molecule has 1 N–H and O–H groups in total. The van der Waals surface area contributed by atoms with Crippen LogP contribution >= 0.6 is 27.7 Å². The second kappa shape index (κ2) is 6.91. The predicted molar refractivity (Wildman–Crippen MR) is 82.6 cm³/mol. The van der Waals surface area contributed by atoms with E-state index in [0.29, 0.717) is 10.2 Å². The van der Waals surface area contributed by atoms with Gasteiger partial charge in [0.25, 0.3) is 5.56 Å². The van der Waals surface area contributed by atoms with Crippen LogP contribution in [0.15, 0.2) is 44.5 Å². The van der Waals surface area contributed by atoms with Crippen LogP contribution in [-0.2, 0) is 12.2 Å². The molecule has 0 aliphatic rings. The molecule has 2 rings (SSSR count). The average Bonchev–Trinajstić information content (AvgIpc) is 2.43. The molecule has 1 heterocycles. The number of halogens is 1. The van der Waals surface area contributed by atoms with Gasteiger partial charge in [-0.15, -0.1) is 11.8 Å². The van der Waals surface area contributed by atoms with Gasteiger partial charge < -0.3 is 4.98 Å². The Bertz CT molecular complexity index is 598. The largest absolute Gasteiger partial charge is 0.309 e. The Balaban J connectivity index is 2.14. The van der Waals surface area contributed by atoms with Gasteiger partial charge in [-0.1, -0.05) is 31.5 Å². The number of aromatic amines is 1. The van der Waals surface area contributed by atoms with Crippen molar-refractivity contribution in [1.82, 2.24) is 9.97 Å². The fourth-order valence-corrected chi connectivity index (χ4v) is 2.87. The summed E-state index contributed by atoms with van der Waals surface area (Å²) in [6, 6.07) is 10.1. The van der Waals surface area contributed by atoms with E-state index in [1.807, 2.05) is 18.2 Å². The molecule has 0 atom stereocenters. The van der Waals surface area contributed by atoms with Crippen molar-refractivity contribution >= 4 is 27.7 Å². The number of rotatable bonds is 5. The molecule has 0 bridgehead atoms. The lowest BCUT2D eigenvalue weighted by Crippen LogP contribution is -2.15. The summed E-state index contributed by atoms with van der Waals surface area (Å²) in [5.41, 5.74) is 0.747. The maximum Gasteiger partial charge on any atom is 0.265 e. The van der Waals surface area contributed by atoms with Crippen LogP contribution in [0.25, 0.3) is 0 Å². The molecule has 0 saturated heterocycles. The Morgan fingerprint density at radius 2 is 2.05 bits per heavy atom. The second-order valence-electron chi connectivity index (χ2n) is 4.13. The van der Waals surface area contributed by atoms with Crippen molar-refractivity contribution in [3.63, 3.8) is 0 Å². The van der Waals surface area contributed by atoms with E-state index in [0.717, 1.165) is 24.4 Å². The third-order valence-electron chi connectivity index (χ3n) is 2.59. The maximum absolute atomic E-state index is 11.8. The van der Waals surface area contributed by atoms with E-state index in [1.165, 1.54) is 4.90 Å². The van der Waals surface area contributed by atoms with Crippen LogP contribution < -0.4 is 5.56 Å². The summed E-state index contributed by atoms with van der Waals surface area (Å²) in [7, 11) is 0. The monoisotopic (exact) mass is 338 g/mol. The molecule has 5 heteroatoms. The number of nitrogens with zero attached hydrogens (tertiary/aromatic N) is 1. The number of H-pyrrole nitrogens is 1. The van der Waals surface area contributed by atoms with E-state index in [4.69, 9.17) is 0 Å². The fraction of sp³-hybridized carbons (Fsp3) is 0.286. The number of hydrogen-bond donors (Lipinski definition) is 1. The summed E-state index contributed by atoms with van der Waals surface area (Å²) >= 11 is 4.97. The molecule has 2 aromatic rings. The lowest BCUT2D eigenvalue weighted by molar-refractivity contribution is 0.835. The molecule has 19 heavy (non-hydrogen) atoms. The highest BCUT2D eigenvalue weighted by Crippen LogP contribution is 2.21. The first-order valence-corrected chi connectivity index (χ1v) is 7.94. The van der Waals surface area contributed by atoms with Crippen LogP contribution in [-0.4, -0.2) is 9.97 Å². The topological polar surface area (TPSA) is 45.8 Å². The molecule has 1 aromatic heterocycles. The first kappa shape index (κ1) is 14.3. The Morgan fingerprint density at radius 1 is 1.32 bits per heavy atom. The minimum atomic E-state index is -0.0953. The highest BCUT2D eigenvalue weighted by molar-refractivity contribution is 9.10. The van der Waals surface area contributed by atoms with Gasteiger partial charge in [0.2, 0.25) is 0 Å². The van der Waals surface area contributed by atoms with Crippen molar-refractivity contribution in [2.45, 2.75) is 30.4 Å². The first-order valence-electron chi connectivity index (χ1n) is 6.16. The smallest absolute Gasteiger partial charge is 0.265 e. The summed E-state index contributed by atoms with van der Waals surface area (Å²) in [6.45, 7) is 2.08. The van der Waals surface area contributed by atoms with Crippen LogP contribution in [0.4, 0.5) is 0 Å². The van der Waals surface area contributed by atoms with Crippen LogP contribution in [0.3, 0.4) is 0 Å². The summed E-state index contributed by atoms with van der Waals surface area (Å²) < 4.78 is 0.558. The molecule has 0 fully saturated rings. The number of thioether (sulfide) groups is 1. The minimum Gasteiger partial charge on any atom is -0.309 e. The third kappa shape index (κ3) is 3.94. The zero-order valence-electron chi connectivity index (χ0n) is 10.6. The van der Waals surface area contributed by atoms with E-state index in [9.17, 15) is 4.79 Å². The molecule has 0 amide bonds. The normalized spacial score (nSPS) is 10.6. The van der Waals surface area contributed by atoms with Crippen molar-refractivity contribution in [3.05, 3.63) is 56.7 Å². The molecule has 0 aliphatic carbocycles. The molecule has 100 valence electrons. The van der Waals surface area contributed by atoms with E-state index in [2.05, 4.69) is 45.0 Å². The van der Waals surface area contributed by atoms with Crippen LogP contribution in [0.2, 0.25) is 0 Å². The van der Waals surface area contributed by atoms with Gasteiger partial charge in [0, 0.05) is 4.90 Å². The van der Waals surface area contributed by atoms with E-state index < -0.39 is 0 Å². The quantitative estimate of drug-likeness (QED) is 0.844. The number of aromatic nitrogens is 2. The molecule has 3 nitrogen and oxygen atoms in total. The third-order valence-corrected chi connectivity index (χ3v) is 4.43. The average molecular weight is 339 g/mol. The standard InChI is InChI=1S/C14H15BrN2OS/c1-2-6-11-13(15)14(18)17-12(16-11)9-19-10-7-4-3-5-8-10/h3-5,7-8H,2,6,9H2,1H3,(H,16,17,18). The van der Waals surface area contributed by atoms with Crippen molar-refractivity contribution in [1.29, 1.82) is 0 Å². The zero-order chi connectivity index (χ0) is 13.7. The SMILES string of the molecule is CCCc1nc(CSc2ccccc2)[nH]c(=O)c1Br. The van der Waals surface area contributed by atoms with Crippen molar-refractivity contribution in [3.8, 4) is 0 Å². The van der Waals surface area contributed by atoms with Gasteiger partial charge in [0.1, 0.15) is 10.3 Å². The molecule has 0 spiro atoms. The van der Waals surface area contributed by atoms with Gasteiger partial charge in [0.15, 0.2) is 0 Å². The molecular weight excluding hydrogens is 324 g/mol. The molecular formula is C14H15BrN2OS. The molecule has 0 unspecified atom stereocenters. The Morgan fingerprint density at radius 3 is 2.74 bits per heavy atom. The fourth-order valence-electron chi connectivity index (χ4n) is 1.70. The van der Waals surface area contributed by atoms with Crippen molar-refractivity contribution in [2.24, 2.45) is 0 Å². The van der Waals surface area contributed by atoms with Crippen LogP contribution in [0.5, 0.6) is 0 Å². The molecule has 0 radical (unpaired) electrons. The van der Waals surface area contributed by atoms with Gasteiger partial charge >= 0.3 is 0 Å². The summed E-state index contributed by atoms with van der Waals surface area (Å²) in [5.74, 6) is 1.40. The first-order chi connectivity index (χ1) is 9.20. The van der Waals surface area contributed by atoms with Crippen molar-refractivity contribution in [2.75, 3.05) is 0 Å². The Kier molecular flexibility index (Phi) is 5.22. The number of aryl methyl sites for hydroxylation is 1. The number of benzene rings is 1. The Labute approximate surface area is 125 Å². The molecule has 0 aliphatic heterocycles. The van der Waals surface area contributed by atoms with Crippen LogP contribution in [0.1, 0.15) is 24.9 Å². The van der Waals surface area contributed by atoms with Crippen molar-refractivity contribution < 1.29 is 0 Å². The van der Waals surface area contributed by atoms with Gasteiger partial charge in [-0.25, -0.2) is 4.98 Å². The summed E-state index contributed by atoms with van der Waals surface area (Å²) in [6.07, 6.45) is 1.79. The second-order valence-corrected chi connectivity index (χ2v) is 5.97. The van der Waals surface area contributed by atoms with Gasteiger partial charge in [-0.2, -0.15) is 0 Å². The zero-order valence-corrected chi connectivity index (χ0v) is 13.1. The maximum atomic E-state index is 11.8. The molecule has 1 aromatic carbocycles. The highest BCUT2D eigenvalue weighted by Gasteiger charge is 2.08. The van der Waals surface area contributed by atoms with E-state index >= 15 is 0 Å². The molecule has 0 saturated carbocycles. The summed E-state index contributed by atoms with van der Waals surface area (Å²) in [4.78, 5) is 20.3. The summed E-state index contributed by atoms with van der Waals surface area (Å²) in [5, 5.41) is 0. The minimum absolute atomic E-state index is 0.0953. The van der Waals surface area contributed by atoms with Gasteiger partial charge in [0.05, 0.1) is 11.4 Å². The lowest BCUT2D eigenvalue weighted by atomic mass is 10.2. The van der Waals surface area contributed by atoms with Gasteiger partial charge in [-0.05, 0) is 34.5 Å². The van der Waals surface area contributed by atoms with Crippen LogP contribution in [0, 0.1) is 0 Å². The number of nitrogens with one attached hydrogen (secondary N) is 1. The lowest BCUT2D eigenvalue weighted by Gasteiger charge is -2.06. The Hall–Kier alpha value is -1.07. The predicted octanol–water partition coefficient (Wildman–Crippen LogP) is 3.78. The van der Waals surface area contributed by atoms with E-state index in [-0.39, 0.29) is 5.56 Å². The highest BCUT2D eigenvalue weighted by atomic mass is 79.9.